The maximum absolute atomic E-state index is 7.92. The lowest BCUT2D eigenvalue weighted by atomic mass is 10.2. The molecule has 0 saturated heterocycles. The van der Waals surface area contributed by atoms with E-state index in [9.17, 15) is 0 Å². The SMILES string of the molecule is COOCc1ccc(CSC(=N)Nc2ccccc2)cc1. The van der Waals surface area contributed by atoms with Gasteiger partial charge >= 0.3 is 0 Å². The summed E-state index contributed by atoms with van der Waals surface area (Å²) in [4.78, 5) is 9.45. The summed E-state index contributed by atoms with van der Waals surface area (Å²) in [7, 11) is 1.50. The Morgan fingerprint density at radius 1 is 1.05 bits per heavy atom. The van der Waals surface area contributed by atoms with E-state index in [-0.39, 0.29) is 0 Å². The lowest BCUT2D eigenvalue weighted by molar-refractivity contribution is -0.282. The van der Waals surface area contributed by atoms with E-state index in [1.54, 1.807) is 0 Å². The molecule has 21 heavy (non-hydrogen) atoms. The van der Waals surface area contributed by atoms with Gasteiger partial charge in [0.15, 0.2) is 5.17 Å². The van der Waals surface area contributed by atoms with Gasteiger partial charge in [0.1, 0.15) is 6.61 Å². The number of para-hydroxylation sites is 1. The Morgan fingerprint density at radius 3 is 2.38 bits per heavy atom. The van der Waals surface area contributed by atoms with Crippen LogP contribution in [0.1, 0.15) is 11.1 Å². The molecule has 0 unspecified atom stereocenters. The predicted molar refractivity (Wildman–Crippen MR) is 87.3 cm³/mol. The molecule has 4 nitrogen and oxygen atoms in total. The highest BCUT2D eigenvalue weighted by Crippen LogP contribution is 2.16. The second kappa shape index (κ2) is 8.46. The van der Waals surface area contributed by atoms with E-state index >= 15 is 0 Å². The highest BCUT2D eigenvalue weighted by molar-refractivity contribution is 8.13. The number of rotatable bonds is 6. The van der Waals surface area contributed by atoms with Gasteiger partial charge in [0.05, 0.1) is 7.11 Å². The van der Waals surface area contributed by atoms with Crippen LogP contribution in [0.25, 0.3) is 0 Å². The van der Waals surface area contributed by atoms with Crippen LogP contribution >= 0.6 is 11.8 Å². The third-order valence-corrected chi connectivity index (χ3v) is 3.65. The molecular formula is C16H18N2O2S. The Hall–Kier alpha value is -1.82. The summed E-state index contributed by atoms with van der Waals surface area (Å²) in [5, 5.41) is 11.4. The van der Waals surface area contributed by atoms with Crippen molar-refractivity contribution in [3.63, 3.8) is 0 Å². The maximum Gasteiger partial charge on any atom is 0.158 e. The van der Waals surface area contributed by atoms with Crippen molar-refractivity contribution in [3.8, 4) is 0 Å². The summed E-state index contributed by atoms with van der Waals surface area (Å²) in [5.41, 5.74) is 3.16. The van der Waals surface area contributed by atoms with Gasteiger partial charge in [0.2, 0.25) is 0 Å². The molecule has 0 aliphatic rings. The zero-order valence-electron chi connectivity index (χ0n) is 11.8. The van der Waals surface area contributed by atoms with E-state index in [1.807, 2.05) is 54.6 Å². The van der Waals surface area contributed by atoms with E-state index in [1.165, 1.54) is 24.4 Å². The van der Waals surface area contributed by atoms with Gasteiger partial charge in [-0.05, 0) is 23.3 Å². The molecule has 0 heterocycles. The summed E-state index contributed by atoms with van der Waals surface area (Å²) in [6, 6.07) is 17.8. The largest absolute Gasteiger partial charge is 0.335 e. The van der Waals surface area contributed by atoms with Gasteiger partial charge in [-0.15, -0.1) is 0 Å². The van der Waals surface area contributed by atoms with Crippen LogP contribution in [0.2, 0.25) is 0 Å². The lowest BCUT2D eigenvalue weighted by Gasteiger charge is -2.07. The second-order valence-electron chi connectivity index (χ2n) is 4.35. The minimum absolute atomic E-state index is 0.438. The quantitative estimate of drug-likeness (QED) is 0.366. The first-order valence-corrected chi connectivity index (χ1v) is 7.53. The number of nitrogens with one attached hydrogen (secondary N) is 2. The number of hydrogen-bond donors (Lipinski definition) is 2. The zero-order chi connectivity index (χ0) is 14.9. The van der Waals surface area contributed by atoms with Gasteiger partial charge in [-0.1, -0.05) is 54.2 Å². The zero-order valence-corrected chi connectivity index (χ0v) is 12.7. The summed E-state index contributed by atoms with van der Waals surface area (Å²) in [5.74, 6) is 0.754. The summed E-state index contributed by atoms with van der Waals surface area (Å²) < 4.78 is 0. The molecule has 2 aromatic rings. The molecule has 0 aliphatic heterocycles. The van der Waals surface area contributed by atoms with Crippen molar-refractivity contribution in [2.24, 2.45) is 0 Å². The van der Waals surface area contributed by atoms with Crippen molar-refractivity contribution in [2.45, 2.75) is 12.4 Å². The van der Waals surface area contributed by atoms with E-state index in [2.05, 4.69) is 10.2 Å². The molecule has 0 aliphatic carbocycles. The van der Waals surface area contributed by atoms with Gasteiger partial charge in [-0.25, -0.2) is 9.78 Å². The Morgan fingerprint density at radius 2 is 1.71 bits per heavy atom. The Bertz CT molecular complexity index is 558. The summed E-state index contributed by atoms with van der Waals surface area (Å²) in [6.45, 7) is 0.440. The first-order valence-electron chi connectivity index (χ1n) is 6.55. The van der Waals surface area contributed by atoms with Crippen LogP contribution in [0.4, 0.5) is 5.69 Å². The van der Waals surface area contributed by atoms with Crippen molar-refractivity contribution in [1.29, 1.82) is 5.41 Å². The minimum Gasteiger partial charge on any atom is -0.335 e. The lowest BCUT2D eigenvalue weighted by Crippen LogP contribution is -2.06. The standard InChI is InChI=1S/C16H18N2O2S/c1-19-20-11-13-7-9-14(10-8-13)12-21-16(17)18-15-5-3-2-4-6-15/h2-10H,11-12H2,1H3,(H2,17,18). The van der Waals surface area contributed by atoms with E-state index in [0.29, 0.717) is 11.8 Å². The molecule has 5 heteroatoms. The van der Waals surface area contributed by atoms with Crippen LogP contribution in [0.3, 0.4) is 0 Å². The fourth-order valence-corrected chi connectivity index (χ4v) is 2.40. The molecule has 0 aromatic heterocycles. The van der Waals surface area contributed by atoms with Crippen LogP contribution < -0.4 is 5.32 Å². The molecule has 0 atom stereocenters. The third-order valence-electron chi connectivity index (χ3n) is 2.78. The normalized spacial score (nSPS) is 10.3. The Labute approximate surface area is 128 Å². The maximum atomic E-state index is 7.92. The van der Waals surface area contributed by atoms with Gasteiger partial charge in [0.25, 0.3) is 0 Å². The average molecular weight is 302 g/mol. The van der Waals surface area contributed by atoms with Crippen molar-refractivity contribution < 1.29 is 9.78 Å². The highest BCUT2D eigenvalue weighted by Gasteiger charge is 2.01. The molecule has 0 fully saturated rings. The molecule has 0 spiro atoms. The van der Waals surface area contributed by atoms with Gasteiger partial charge in [-0.2, -0.15) is 0 Å². The average Bonchev–Trinajstić information content (AvgIpc) is 2.53. The van der Waals surface area contributed by atoms with Gasteiger partial charge < -0.3 is 5.32 Å². The number of amidine groups is 1. The monoisotopic (exact) mass is 302 g/mol. The molecule has 110 valence electrons. The first-order chi connectivity index (χ1) is 10.3. The molecule has 2 N–H and O–H groups in total. The minimum atomic E-state index is 0.438. The number of benzene rings is 2. The topological polar surface area (TPSA) is 54.3 Å². The Balaban J connectivity index is 1.78. The fraction of sp³-hybridized carbons (Fsp3) is 0.188. The van der Waals surface area contributed by atoms with Crippen LogP contribution in [0, 0.1) is 5.41 Å². The van der Waals surface area contributed by atoms with E-state index < -0.39 is 0 Å². The van der Waals surface area contributed by atoms with Gasteiger partial charge in [-0.3, -0.25) is 5.41 Å². The molecule has 0 radical (unpaired) electrons. The van der Waals surface area contributed by atoms with Crippen molar-refractivity contribution in [3.05, 3.63) is 65.7 Å². The third kappa shape index (κ3) is 5.59. The number of hydrogen-bond acceptors (Lipinski definition) is 4. The van der Waals surface area contributed by atoms with Gasteiger partial charge in [0, 0.05) is 11.4 Å². The summed E-state index contributed by atoms with van der Waals surface area (Å²) >= 11 is 1.46. The van der Waals surface area contributed by atoms with Crippen molar-refractivity contribution >= 4 is 22.6 Å². The molecule has 0 bridgehead atoms. The van der Waals surface area contributed by atoms with Crippen LogP contribution in [0.15, 0.2) is 54.6 Å². The van der Waals surface area contributed by atoms with Crippen LogP contribution in [0.5, 0.6) is 0 Å². The molecule has 2 rings (SSSR count). The molecular weight excluding hydrogens is 284 g/mol. The first kappa shape index (κ1) is 15.6. The fourth-order valence-electron chi connectivity index (χ4n) is 1.70. The Kier molecular flexibility index (Phi) is 6.27. The molecule has 2 aromatic carbocycles. The van der Waals surface area contributed by atoms with Crippen molar-refractivity contribution in [1.82, 2.24) is 0 Å². The van der Waals surface area contributed by atoms with Crippen LogP contribution in [-0.2, 0) is 22.1 Å². The second-order valence-corrected chi connectivity index (χ2v) is 5.34. The van der Waals surface area contributed by atoms with E-state index in [4.69, 9.17) is 10.3 Å². The number of thioether (sulfide) groups is 1. The van der Waals surface area contributed by atoms with E-state index in [0.717, 1.165) is 17.0 Å². The van der Waals surface area contributed by atoms with Crippen molar-refractivity contribution in [2.75, 3.05) is 12.4 Å². The molecule has 0 amide bonds. The van der Waals surface area contributed by atoms with Crippen LogP contribution in [-0.4, -0.2) is 12.3 Å². The number of anilines is 1. The molecule has 0 saturated carbocycles. The highest BCUT2D eigenvalue weighted by atomic mass is 32.2. The summed E-state index contributed by atoms with van der Waals surface area (Å²) in [6.07, 6.45) is 0. The smallest absolute Gasteiger partial charge is 0.158 e. The predicted octanol–water partition coefficient (Wildman–Crippen LogP) is 4.04.